The van der Waals surface area contributed by atoms with Gasteiger partial charge in [0, 0.05) is 15.6 Å². The molecular weight excluding hydrogens is 857 g/mol. The zero-order chi connectivity index (χ0) is 33.0. The van der Waals surface area contributed by atoms with Gasteiger partial charge in [-0.15, -0.1) is 22.7 Å². The number of thiocarbonyl (C=S) groups is 1. The van der Waals surface area contributed by atoms with Crippen LogP contribution in [0.15, 0.2) is 109 Å². The number of pyridine rings is 2. The van der Waals surface area contributed by atoms with E-state index in [2.05, 4.69) is 28.2 Å². The molecule has 49 heavy (non-hydrogen) atoms. The van der Waals surface area contributed by atoms with Crippen molar-refractivity contribution in [3.63, 3.8) is 0 Å². The molecule has 8 rings (SSSR count). The van der Waals surface area contributed by atoms with Gasteiger partial charge in [0.2, 0.25) is 0 Å². The minimum atomic E-state index is -0.0191. The van der Waals surface area contributed by atoms with Crippen LogP contribution in [0.3, 0.4) is 0 Å². The molecule has 0 radical (unpaired) electrons. The second kappa shape index (κ2) is 15.5. The van der Waals surface area contributed by atoms with Gasteiger partial charge >= 0.3 is 27.7 Å². The quantitative estimate of drug-likeness (QED) is 0.110. The number of carbonyl (C=O) groups is 1. The Bertz CT molecular complexity index is 2220. The van der Waals surface area contributed by atoms with E-state index >= 15 is 0 Å². The summed E-state index contributed by atoms with van der Waals surface area (Å²) in [5.74, 6) is 1.35. The molecule has 0 N–H and O–H groups in total. The molecule has 0 spiro atoms. The number of Topliss-reactive ketones (excluding diaryl/α,β-unsaturated/α-hetero) is 1. The van der Waals surface area contributed by atoms with E-state index in [9.17, 15) is 4.79 Å². The summed E-state index contributed by atoms with van der Waals surface area (Å²) in [5.41, 5.74) is 5.23. The molecule has 0 atom stereocenters. The fourth-order valence-corrected chi connectivity index (χ4v) is 6.96. The molecule has 0 aliphatic heterocycles. The number of thiazole rings is 2. The predicted octanol–water partition coefficient (Wildman–Crippen LogP) is 9.76. The number of fused-ring (bicyclic) bond motifs is 4. The van der Waals surface area contributed by atoms with Crippen LogP contribution in [0.4, 0.5) is 0 Å². The van der Waals surface area contributed by atoms with Gasteiger partial charge in [-0.1, -0.05) is 72.9 Å². The Morgan fingerprint density at radius 2 is 1.06 bits per heavy atom. The summed E-state index contributed by atoms with van der Waals surface area (Å²) in [6.45, 7) is 3.85. The third kappa shape index (κ3) is 7.99. The second-order valence-corrected chi connectivity index (χ2v) is 13.8. The molecule has 0 saturated heterocycles. The standard InChI is InChI=1S/C19H14N2O2S.C19H14N2OS2.Hg/c1-12(22)11-23-16-7-4-5-13-9-10-15(20-18(13)16)19-21-14-6-2-3-8-17(14)24-19;1-12(23)11-22-16-7-4-5-13-9-10-15(20-18(13)16)19-21-14-6-2-3-8-17(14)24-19;/h2*2-10H,11H2,1H3;/q;;+2. The number of hydrogen-bond acceptors (Lipinski definition) is 10. The molecular formula is C38H28HgN4O3S3+2. The molecule has 0 aliphatic rings. The number of nitrogens with zero attached hydrogens (tertiary/aromatic N) is 4. The summed E-state index contributed by atoms with van der Waals surface area (Å²) in [6, 6.07) is 35.8. The third-order valence-corrected chi connectivity index (χ3v) is 9.49. The summed E-state index contributed by atoms with van der Waals surface area (Å²) in [4.78, 5) is 30.9. The van der Waals surface area contributed by atoms with Crippen molar-refractivity contribution in [2.24, 2.45) is 0 Å². The monoisotopic (exact) mass is 886 g/mol. The molecule has 236 valence electrons. The van der Waals surface area contributed by atoms with Gasteiger partial charge in [0.25, 0.3) is 0 Å². The summed E-state index contributed by atoms with van der Waals surface area (Å²) >= 11 is 8.37. The van der Waals surface area contributed by atoms with Crippen LogP contribution in [0.2, 0.25) is 0 Å². The average molecular weight is 885 g/mol. The number of rotatable bonds is 8. The van der Waals surface area contributed by atoms with Crippen molar-refractivity contribution < 1.29 is 41.9 Å². The average Bonchev–Trinajstić information content (AvgIpc) is 3.75. The van der Waals surface area contributed by atoms with Crippen LogP contribution in [0.1, 0.15) is 13.8 Å². The fourth-order valence-electron chi connectivity index (χ4n) is 5.03. The number of para-hydroxylation sites is 4. The Kier molecular flexibility index (Phi) is 11.0. The Balaban J connectivity index is 0.000000167. The van der Waals surface area contributed by atoms with E-state index < -0.39 is 0 Å². The normalized spacial score (nSPS) is 10.8. The number of ketones is 1. The molecule has 8 aromatic rings. The Hall–Kier alpha value is -4.22. The number of ether oxygens (including phenoxy) is 2. The molecule has 0 unspecified atom stereocenters. The van der Waals surface area contributed by atoms with Gasteiger partial charge in [-0.2, -0.15) is 0 Å². The van der Waals surface area contributed by atoms with Gasteiger partial charge in [-0.25, -0.2) is 19.9 Å². The van der Waals surface area contributed by atoms with Gasteiger partial charge in [0.15, 0.2) is 5.78 Å². The zero-order valence-corrected chi connectivity index (χ0v) is 34.7. The van der Waals surface area contributed by atoms with Gasteiger partial charge in [0.1, 0.15) is 45.8 Å². The zero-order valence-electron chi connectivity index (χ0n) is 26.8. The SMILES string of the molecule is CC(=O)COc1cccc2ccc(-c3nc4ccccc4s3)nc12.CC(=S)COc1cccc2ccc(-c3nc4ccccc4s3)nc12.[Hg+2]. The van der Waals surface area contributed by atoms with Crippen molar-refractivity contribution in [3.05, 3.63) is 109 Å². The maximum absolute atomic E-state index is 11.2. The molecule has 0 bridgehead atoms. The summed E-state index contributed by atoms with van der Waals surface area (Å²) in [6.07, 6.45) is 0. The first-order valence-electron chi connectivity index (χ1n) is 15.2. The van der Waals surface area contributed by atoms with Crippen LogP contribution in [-0.2, 0) is 32.5 Å². The van der Waals surface area contributed by atoms with Crippen LogP contribution >= 0.6 is 34.9 Å². The van der Waals surface area contributed by atoms with E-state index in [1.807, 2.05) is 97.9 Å². The number of hydrogen-bond donors (Lipinski definition) is 0. The molecule has 4 heterocycles. The van der Waals surface area contributed by atoms with Gasteiger partial charge in [0.05, 0.1) is 31.8 Å². The largest absolute Gasteiger partial charge is 2.00 e. The Labute approximate surface area is 316 Å². The maximum atomic E-state index is 11.2. The van der Waals surface area contributed by atoms with E-state index in [4.69, 9.17) is 31.7 Å². The number of benzene rings is 4. The number of aromatic nitrogens is 4. The van der Waals surface area contributed by atoms with Crippen molar-refractivity contribution >= 4 is 87.8 Å². The number of carbonyl (C=O) groups excluding carboxylic acids is 1. The van der Waals surface area contributed by atoms with Crippen LogP contribution in [0.5, 0.6) is 11.5 Å². The molecule has 11 heteroatoms. The van der Waals surface area contributed by atoms with Crippen LogP contribution in [0, 0.1) is 0 Å². The van der Waals surface area contributed by atoms with Crippen LogP contribution in [0.25, 0.3) is 63.6 Å². The minimum Gasteiger partial charge on any atom is -0.486 e. The van der Waals surface area contributed by atoms with Crippen molar-refractivity contribution in [1.29, 1.82) is 0 Å². The topological polar surface area (TPSA) is 87.1 Å². The minimum absolute atomic E-state index is 0. The second-order valence-electron chi connectivity index (χ2n) is 11.0. The van der Waals surface area contributed by atoms with Crippen molar-refractivity contribution in [2.75, 3.05) is 13.2 Å². The first kappa shape index (κ1) is 34.6. The van der Waals surface area contributed by atoms with E-state index in [1.165, 1.54) is 6.92 Å². The van der Waals surface area contributed by atoms with E-state index in [0.717, 1.165) is 74.3 Å². The summed E-state index contributed by atoms with van der Waals surface area (Å²) in [7, 11) is 0. The summed E-state index contributed by atoms with van der Waals surface area (Å²) < 4.78 is 13.7. The first-order chi connectivity index (χ1) is 23.4. The Morgan fingerprint density at radius 3 is 1.51 bits per heavy atom. The van der Waals surface area contributed by atoms with Crippen LogP contribution in [-0.4, -0.2) is 43.8 Å². The smallest absolute Gasteiger partial charge is 0.486 e. The fraction of sp³-hybridized carbons (Fsp3) is 0.105. The van der Waals surface area contributed by atoms with Gasteiger partial charge < -0.3 is 9.47 Å². The van der Waals surface area contributed by atoms with Crippen molar-refractivity contribution in [1.82, 2.24) is 19.9 Å². The molecule has 4 aromatic heterocycles. The van der Waals surface area contributed by atoms with Crippen molar-refractivity contribution in [3.8, 4) is 32.9 Å². The third-order valence-electron chi connectivity index (χ3n) is 7.25. The molecule has 0 saturated carbocycles. The van der Waals surface area contributed by atoms with E-state index in [0.29, 0.717) is 12.4 Å². The van der Waals surface area contributed by atoms with E-state index in [-0.39, 0.29) is 40.1 Å². The maximum Gasteiger partial charge on any atom is 2.00 e. The molecule has 0 amide bonds. The molecule has 4 aromatic carbocycles. The molecule has 0 fully saturated rings. The van der Waals surface area contributed by atoms with Gasteiger partial charge in [-0.3, -0.25) is 4.79 Å². The van der Waals surface area contributed by atoms with Crippen LogP contribution < -0.4 is 9.47 Å². The van der Waals surface area contributed by atoms with E-state index in [1.54, 1.807) is 22.7 Å². The Morgan fingerprint density at radius 1 is 0.592 bits per heavy atom. The first-order valence-corrected chi connectivity index (χ1v) is 17.2. The molecule has 7 nitrogen and oxygen atoms in total. The predicted molar refractivity (Wildman–Crippen MR) is 201 cm³/mol. The van der Waals surface area contributed by atoms with Crippen molar-refractivity contribution in [2.45, 2.75) is 13.8 Å². The summed E-state index contributed by atoms with van der Waals surface area (Å²) in [5, 5.41) is 3.80. The molecule has 0 aliphatic carbocycles. The van der Waals surface area contributed by atoms with Gasteiger partial charge in [-0.05, 0) is 62.4 Å².